The molecule has 2 amide bonds. The molecule has 0 unspecified atom stereocenters. The zero-order chi connectivity index (χ0) is 27.2. The van der Waals surface area contributed by atoms with Crippen molar-refractivity contribution in [2.24, 2.45) is 5.92 Å². The summed E-state index contributed by atoms with van der Waals surface area (Å²) in [4.78, 5) is 40.5. The summed E-state index contributed by atoms with van der Waals surface area (Å²) in [6.07, 6.45) is 1.25. The van der Waals surface area contributed by atoms with E-state index in [-0.39, 0.29) is 18.2 Å². The largest absolute Gasteiger partial charge is 0.481 e. The van der Waals surface area contributed by atoms with E-state index in [2.05, 4.69) is 24.1 Å². The van der Waals surface area contributed by atoms with Crippen LogP contribution in [0.25, 0.3) is 11.1 Å². The topological polar surface area (TPSA) is 89.9 Å². The summed E-state index contributed by atoms with van der Waals surface area (Å²) in [5.74, 6) is -0.635. The number of carboxylic acid groups (broad SMARTS) is 1. The Kier molecular flexibility index (Phi) is 8.59. The number of anilines is 2. The van der Waals surface area contributed by atoms with Gasteiger partial charge < -0.3 is 15.3 Å². The normalized spacial score (nSPS) is 13.1. The molecule has 1 aliphatic heterocycles. The predicted octanol–water partition coefficient (Wildman–Crippen LogP) is 5.45. The predicted molar refractivity (Wildman–Crippen MR) is 150 cm³/mol. The third-order valence-electron chi connectivity index (χ3n) is 6.80. The van der Waals surface area contributed by atoms with Crippen LogP contribution in [0.2, 0.25) is 0 Å². The number of fused-ring (bicyclic) bond motifs is 1. The van der Waals surface area contributed by atoms with Crippen molar-refractivity contribution in [3.63, 3.8) is 0 Å². The Morgan fingerprint density at radius 2 is 1.79 bits per heavy atom. The van der Waals surface area contributed by atoms with Crippen LogP contribution in [-0.2, 0) is 22.6 Å². The van der Waals surface area contributed by atoms with Gasteiger partial charge in [0.05, 0.1) is 6.42 Å². The molecule has 7 heteroatoms. The maximum absolute atomic E-state index is 13.3. The van der Waals surface area contributed by atoms with Crippen molar-refractivity contribution >= 4 is 29.2 Å². The molecule has 0 saturated heterocycles. The summed E-state index contributed by atoms with van der Waals surface area (Å²) in [5, 5.41) is 12.2. The van der Waals surface area contributed by atoms with Gasteiger partial charge in [-0.1, -0.05) is 56.3 Å². The van der Waals surface area contributed by atoms with Crippen molar-refractivity contribution in [1.82, 2.24) is 4.90 Å². The maximum Gasteiger partial charge on any atom is 0.304 e. The maximum atomic E-state index is 13.3. The monoisotopic (exact) mass is 513 g/mol. The average molecular weight is 514 g/mol. The average Bonchev–Trinajstić information content (AvgIpc) is 2.90. The van der Waals surface area contributed by atoms with Gasteiger partial charge in [-0.3, -0.25) is 19.3 Å². The van der Waals surface area contributed by atoms with Crippen molar-refractivity contribution < 1.29 is 19.5 Å². The third-order valence-corrected chi connectivity index (χ3v) is 6.80. The molecule has 0 bridgehead atoms. The van der Waals surface area contributed by atoms with Crippen molar-refractivity contribution in [2.75, 3.05) is 30.4 Å². The number of benzene rings is 3. The molecular weight excluding hydrogens is 478 g/mol. The second-order valence-corrected chi connectivity index (χ2v) is 10.3. The molecule has 1 heterocycles. The van der Waals surface area contributed by atoms with E-state index >= 15 is 0 Å². The van der Waals surface area contributed by atoms with Crippen LogP contribution in [0.4, 0.5) is 11.4 Å². The van der Waals surface area contributed by atoms with E-state index < -0.39 is 5.97 Å². The Hall–Kier alpha value is -3.97. The molecule has 0 spiro atoms. The van der Waals surface area contributed by atoms with Gasteiger partial charge in [-0.2, -0.15) is 0 Å². The molecule has 0 aromatic heterocycles. The highest BCUT2D eigenvalue weighted by molar-refractivity contribution is 6.05. The van der Waals surface area contributed by atoms with Gasteiger partial charge in [0.1, 0.15) is 0 Å². The number of hydrogen-bond donors (Lipinski definition) is 2. The van der Waals surface area contributed by atoms with Gasteiger partial charge in [0.2, 0.25) is 5.91 Å². The molecule has 3 aromatic carbocycles. The number of aliphatic carboxylic acids is 1. The van der Waals surface area contributed by atoms with E-state index in [1.807, 2.05) is 66.7 Å². The molecule has 0 radical (unpaired) electrons. The Bertz CT molecular complexity index is 1320. The van der Waals surface area contributed by atoms with Gasteiger partial charge in [-0.15, -0.1) is 0 Å². The standard InChI is InChI=1S/C31H35N3O4/c1-21(2)19-34(16-15-30(36)37)20-25-17-24(10-13-27(25)22-7-5-4-6-8-22)31(38)32-26-12-9-23-11-14-29(35)33(3)28(23)18-26/h4-10,12-13,17-18,21H,11,14-16,19-20H2,1-3H3,(H,32,38)(H,36,37). The second kappa shape index (κ2) is 12.0. The lowest BCUT2D eigenvalue weighted by Gasteiger charge is -2.26. The van der Waals surface area contributed by atoms with Crippen LogP contribution in [0.3, 0.4) is 0 Å². The van der Waals surface area contributed by atoms with E-state index in [0.29, 0.717) is 43.1 Å². The number of carbonyl (C=O) groups excluding carboxylic acids is 2. The SMILES string of the molecule is CC(C)CN(CCC(=O)O)Cc1cc(C(=O)Nc2ccc3c(c2)N(C)C(=O)CC3)ccc1-c1ccccc1. The van der Waals surface area contributed by atoms with Crippen LogP contribution in [0.15, 0.2) is 66.7 Å². The highest BCUT2D eigenvalue weighted by Crippen LogP contribution is 2.31. The summed E-state index contributed by atoms with van der Waals surface area (Å²) in [6, 6.07) is 21.4. The molecule has 0 aliphatic carbocycles. The lowest BCUT2D eigenvalue weighted by Crippen LogP contribution is -2.31. The molecule has 198 valence electrons. The van der Waals surface area contributed by atoms with Gasteiger partial charge in [0, 0.05) is 50.0 Å². The molecule has 0 fully saturated rings. The van der Waals surface area contributed by atoms with E-state index in [4.69, 9.17) is 0 Å². The molecule has 38 heavy (non-hydrogen) atoms. The third kappa shape index (κ3) is 6.66. The highest BCUT2D eigenvalue weighted by atomic mass is 16.4. The number of aryl methyl sites for hydroxylation is 1. The molecule has 4 rings (SSSR count). The summed E-state index contributed by atoms with van der Waals surface area (Å²) < 4.78 is 0. The quantitative estimate of drug-likeness (QED) is 0.376. The number of amides is 2. The van der Waals surface area contributed by atoms with Gasteiger partial charge in [0.15, 0.2) is 0 Å². The van der Waals surface area contributed by atoms with Gasteiger partial charge >= 0.3 is 5.97 Å². The lowest BCUT2D eigenvalue weighted by molar-refractivity contribution is -0.137. The van der Waals surface area contributed by atoms with E-state index in [0.717, 1.165) is 34.5 Å². The van der Waals surface area contributed by atoms with Crippen LogP contribution in [0, 0.1) is 5.92 Å². The van der Waals surface area contributed by atoms with Gasteiger partial charge in [-0.05, 0) is 58.9 Å². The molecular formula is C31H35N3O4. The number of hydrogen-bond acceptors (Lipinski definition) is 4. The van der Waals surface area contributed by atoms with Gasteiger partial charge in [-0.25, -0.2) is 0 Å². The molecule has 0 saturated carbocycles. The number of nitrogens with zero attached hydrogens (tertiary/aromatic N) is 2. The molecule has 3 aromatic rings. The zero-order valence-electron chi connectivity index (χ0n) is 22.2. The number of carboxylic acids is 1. The minimum atomic E-state index is -0.826. The number of rotatable bonds is 10. The molecule has 1 aliphatic rings. The molecule has 7 nitrogen and oxygen atoms in total. The Labute approximate surface area is 224 Å². The number of carbonyl (C=O) groups is 3. The van der Waals surface area contributed by atoms with E-state index in [1.54, 1.807) is 11.9 Å². The molecule has 0 atom stereocenters. The van der Waals surface area contributed by atoms with Crippen LogP contribution in [-0.4, -0.2) is 47.9 Å². The minimum Gasteiger partial charge on any atom is -0.481 e. The van der Waals surface area contributed by atoms with E-state index in [9.17, 15) is 19.5 Å². The zero-order valence-corrected chi connectivity index (χ0v) is 22.2. The smallest absolute Gasteiger partial charge is 0.304 e. The summed E-state index contributed by atoms with van der Waals surface area (Å²) >= 11 is 0. The first-order chi connectivity index (χ1) is 18.2. The first kappa shape index (κ1) is 27.1. The first-order valence-electron chi connectivity index (χ1n) is 13.0. The summed E-state index contributed by atoms with van der Waals surface area (Å²) in [6.45, 7) is 5.93. The van der Waals surface area contributed by atoms with Crippen LogP contribution >= 0.6 is 0 Å². The van der Waals surface area contributed by atoms with Crippen LogP contribution in [0.5, 0.6) is 0 Å². The van der Waals surface area contributed by atoms with Crippen molar-refractivity contribution in [2.45, 2.75) is 39.7 Å². The number of nitrogens with one attached hydrogen (secondary N) is 1. The van der Waals surface area contributed by atoms with Crippen molar-refractivity contribution in [3.05, 3.63) is 83.4 Å². The fourth-order valence-corrected chi connectivity index (χ4v) is 4.92. The van der Waals surface area contributed by atoms with Gasteiger partial charge in [0.25, 0.3) is 5.91 Å². The molecule has 2 N–H and O–H groups in total. The highest BCUT2D eigenvalue weighted by Gasteiger charge is 2.22. The second-order valence-electron chi connectivity index (χ2n) is 10.3. The van der Waals surface area contributed by atoms with Crippen molar-refractivity contribution in [3.8, 4) is 11.1 Å². The van der Waals surface area contributed by atoms with Crippen LogP contribution in [0.1, 0.15) is 48.2 Å². The Morgan fingerprint density at radius 3 is 2.50 bits per heavy atom. The fourth-order valence-electron chi connectivity index (χ4n) is 4.92. The summed E-state index contributed by atoms with van der Waals surface area (Å²) in [7, 11) is 1.76. The Balaban J connectivity index is 1.62. The lowest BCUT2D eigenvalue weighted by atomic mass is 9.96. The van der Waals surface area contributed by atoms with E-state index in [1.165, 1.54) is 0 Å². The van der Waals surface area contributed by atoms with Crippen LogP contribution < -0.4 is 10.2 Å². The Morgan fingerprint density at radius 1 is 1.03 bits per heavy atom. The minimum absolute atomic E-state index is 0.0584. The fraction of sp³-hybridized carbons (Fsp3) is 0.323. The summed E-state index contributed by atoms with van der Waals surface area (Å²) in [5.41, 5.74) is 6.08. The first-order valence-corrected chi connectivity index (χ1v) is 13.0. The van der Waals surface area contributed by atoms with Crippen molar-refractivity contribution in [1.29, 1.82) is 0 Å².